The molecule has 1 amide bonds. The number of ether oxygens (including phenoxy) is 2. The minimum Gasteiger partial charge on any atom is -0.494 e. The number of aliphatic hydroxyl groups excluding tert-OH is 1. The van der Waals surface area contributed by atoms with Crippen LogP contribution < -0.4 is 10.1 Å². The van der Waals surface area contributed by atoms with Gasteiger partial charge in [0.05, 0.1) is 6.61 Å². The summed E-state index contributed by atoms with van der Waals surface area (Å²) in [5.41, 5.74) is 1.51. The molecule has 0 spiro atoms. The Morgan fingerprint density at radius 2 is 1.71 bits per heavy atom. The Hall–Kier alpha value is -2.94. The number of benzene rings is 3. The third-order valence-electron chi connectivity index (χ3n) is 6.27. The van der Waals surface area contributed by atoms with Crippen molar-refractivity contribution < 1.29 is 19.4 Å². The van der Waals surface area contributed by atoms with E-state index < -0.39 is 11.6 Å². The van der Waals surface area contributed by atoms with Gasteiger partial charge < -0.3 is 19.9 Å². The monoisotopic (exact) mass is 640 g/mol. The molecule has 8 heteroatoms. The third-order valence-corrected chi connectivity index (χ3v) is 7.33. The largest absolute Gasteiger partial charge is 0.494 e. The van der Waals surface area contributed by atoms with E-state index in [1.54, 1.807) is 6.08 Å². The summed E-state index contributed by atoms with van der Waals surface area (Å²) in [6.45, 7) is 4.91. The molecule has 2 N–H and O–H groups in total. The molecular weight excluding hydrogens is 612 g/mol. The molecule has 1 heterocycles. The van der Waals surface area contributed by atoms with Crippen LogP contribution in [-0.4, -0.2) is 42.2 Å². The van der Waals surface area contributed by atoms with Gasteiger partial charge in [-0.1, -0.05) is 62.2 Å². The standard InChI is InChI=1S/C30H30Br2N2O4/c1-2-17-30(29(36)33-18-16-21-4-10-24(31)11-5-21)27(22-6-12-25(32)13-7-22)38-28(34-30)23-8-14-26(15-9-23)37-20-3-19-35/h2,4-15,27,35H,1,3,16-20H2,(H,33,36)/t27-,30-/m1/s1. The van der Waals surface area contributed by atoms with Gasteiger partial charge >= 0.3 is 0 Å². The van der Waals surface area contributed by atoms with E-state index in [0.29, 0.717) is 44.1 Å². The molecular formula is C30H30Br2N2O4. The van der Waals surface area contributed by atoms with Crippen LogP contribution in [0.2, 0.25) is 0 Å². The molecule has 2 atom stereocenters. The van der Waals surface area contributed by atoms with E-state index in [1.807, 2.05) is 72.8 Å². The lowest BCUT2D eigenvalue weighted by Crippen LogP contribution is -2.48. The van der Waals surface area contributed by atoms with Crippen LogP contribution in [0.1, 0.15) is 35.6 Å². The second-order valence-corrected chi connectivity index (χ2v) is 10.8. The lowest BCUT2D eigenvalue weighted by molar-refractivity contribution is -0.128. The summed E-state index contributed by atoms with van der Waals surface area (Å²) >= 11 is 6.94. The lowest BCUT2D eigenvalue weighted by Gasteiger charge is -2.29. The average molecular weight is 642 g/mol. The van der Waals surface area contributed by atoms with Crippen LogP contribution in [-0.2, 0) is 16.0 Å². The molecule has 0 aliphatic carbocycles. The SMILES string of the molecule is C=CC[C@@]1(C(=O)NCCc2ccc(Br)cc2)N=C(c2ccc(OCCCO)cc2)O[C@@H]1c1ccc(Br)cc1. The van der Waals surface area contributed by atoms with Gasteiger partial charge in [-0.15, -0.1) is 6.58 Å². The Balaban J connectivity index is 1.60. The Morgan fingerprint density at radius 1 is 1.05 bits per heavy atom. The molecule has 0 fully saturated rings. The van der Waals surface area contributed by atoms with E-state index in [4.69, 9.17) is 19.6 Å². The summed E-state index contributed by atoms with van der Waals surface area (Å²) in [5.74, 6) is 0.874. The molecule has 38 heavy (non-hydrogen) atoms. The molecule has 4 rings (SSSR count). The molecule has 0 aromatic heterocycles. The van der Waals surface area contributed by atoms with E-state index in [1.165, 1.54) is 0 Å². The van der Waals surface area contributed by atoms with E-state index in [0.717, 1.165) is 25.6 Å². The van der Waals surface area contributed by atoms with Crippen molar-refractivity contribution in [3.63, 3.8) is 0 Å². The van der Waals surface area contributed by atoms with Crippen LogP contribution >= 0.6 is 31.9 Å². The van der Waals surface area contributed by atoms with Gasteiger partial charge in [0.2, 0.25) is 5.90 Å². The Morgan fingerprint density at radius 3 is 2.34 bits per heavy atom. The first-order valence-electron chi connectivity index (χ1n) is 12.4. The van der Waals surface area contributed by atoms with Gasteiger partial charge in [-0.3, -0.25) is 4.79 Å². The second kappa shape index (κ2) is 13.2. The van der Waals surface area contributed by atoms with E-state index in [-0.39, 0.29) is 12.5 Å². The number of nitrogens with zero attached hydrogens (tertiary/aromatic N) is 1. The van der Waals surface area contributed by atoms with Gasteiger partial charge in [-0.05, 0) is 66.1 Å². The number of hydrogen-bond acceptors (Lipinski definition) is 5. The van der Waals surface area contributed by atoms with E-state index in [9.17, 15) is 4.79 Å². The van der Waals surface area contributed by atoms with Crippen LogP contribution in [0.3, 0.4) is 0 Å². The predicted molar refractivity (Wildman–Crippen MR) is 157 cm³/mol. The highest BCUT2D eigenvalue weighted by Crippen LogP contribution is 2.43. The van der Waals surface area contributed by atoms with Crippen LogP contribution in [0.5, 0.6) is 5.75 Å². The summed E-state index contributed by atoms with van der Waals surface area (Å²) in [6, 6.07) is 23.2. The van der Waals surface area contributed by atoms with Crippen LogP contribution in [0.4, 0.5) is 0 Å². The fourth-order valence-corrected chi connectivity index (χ4v) is 4.83. The van der Waals surface area contributed by atoms with Crippen molar-refractivity contribution in [1.29, 1.82) is 0 Å². The molecule has 6 nitrogen and oxygen atoms in total. The van der Waals surface area contributed by atoms with Gasteiger partial charge in [0.15, 0.2) is 11.6 Å². The Kier molecular flexibility index (Phi) is 9.77. The zero-order chi connectivity index (χ0) is 27.0. The molecule has 1 aliphatic heterocycles. The van der Waals surface area contributed by atoms with Crippen molar-refractivity contribution in [2.75, 3.05) is 19.8 Å². The van der Waals surface area contributed by atoms with Gasteiger partial charge in [0, 0.05) is 40.5 Å². The molecule has 3 aromatic carbocycles. The van der Waals surface area contributed by atoms with Crippen molar-refractivity contribution in [3.05, 3.63) is 111 Å². The number of rotatable bonds is 12. The van der Waals surface area contributed by atoms with Gasteiger partial charge in [0.1, 0.15) is 5.75 Å². The first kappa shape index (κ1) is 28.1. The summed E-state index contributed by atoms with van der Waals surface area (Å²) < 4.78 is 14.0. The van der Waals surface area contributed by atoms with Gasteiger partial charge in [0.25, 0.3) is 5.91 Å². The van der Waals surface area contributed by atoms with Crippen molar-refractivity contribution in [1.82, 2.24) is 5.32 Å². The predicted octanol–water partition coefficient (Wildman–Crippen LogP) is 6.16. The maximum Gasteiger partial charge on any atom is 0.252 e. The van der Waals surface area contributed by atoms with Crippen molar-refractivity contribution in [2.45, 2.75) is 30.9 Å². The minimum atomic E-state index is -1.21. The summed E-state index contributed by atoms with van der Waals surface area (Å²) in [7, 11) is 0. The normalized spacial score (nSPS) is 18.4. The number of carbonyl (C=O) groups excluding carboxylic acids is 1. The summed E-state index contributed by atoms with van der Waals surface area (Å²) in [6.07, 6.45) is 2.66. The molecule has 0 saturated heterocycles. The minimum absolute atomic E-state index is 0.0801. The number of aliphatic hydroxyl groups is 1. The molecule has 1 aliphatic rings. The van der Waals surface area contributed by atoms with Gasteiger partial charge in [-0.2, -0.15) is 0 Å². The summed E-state index contributed by atoms with van der Waals surface area (Å²) in [4.78, 5) is 18.7. The molecule has 3 aromatic rings. The maximum absolute atomic E-state index is 13.8. The molecule has 0 bridgehead atoms. The third kappa shape index (κ3) is 6.73. The van der Waals surface area contributed by atoms with Gasteiger partial charge in [-0.25, -0.2) is 4.99 Å². The van der Waals surface area contributed by atoms with E-state index in [2.05, 4.69) is 43.8 Å². The number of aliphatic imine (C=N–C) groups is 1. The Labute approximate surface area is 240 Å². The molecule has 198 valence electrons. The number of halogens is 2. The van der Waals surface area contributed by atoms with Crippen molar-refractivity contribution in [3.8, 4) is 5.75 Å². The Bertz CT molecular complexity index is 1260. The highest BCUT2D eigenvalue weighted by molar-refractivity contribution is 9.10. The summed E-state index contributed by atoms with van der Waals surface area (Å²) in [5, 5.41) is 12.1. The molecule has 0 radical (unpaired) electrons. The highest BCUT2D eigenvalue weighted by atomic mass is 79.9. The lowest BCUT2D eigenvalue weighted by atomic mass is 9.84. The number of amides is 1. The fraction of sp³-hybridized carbons (Fsp3) is 0.267. The van der Waals surface area contributed by atoms with E-state index >= 15 is 0 Å². The first-order chi connectivity index (χ1) is 18.4. The first-order valence-corrected chi connectivity index (χ1v) is 14.0. The number of nitrogens with one attached hydrogen (secondary N) is 1. The molecule has 0 unspecified atom stereocenters. The quantitative estimate of drug-likeness (QED) is 0.183. The number of carbonyl (C=O) groups is 1. The highest BCUT2D eigenvalue weighted by Gasteiger charge is 2.52. The zero-order valence-electron chi connectivity index (χ0n) is 20.9. The van der Waals surface area contributed by atoms with Crippen LogP contribution in [0, 0.1) is 0 Å². The van der Waals surface area contributed by atoms with Crippen molar-refractivity contribution in [2.24, 2.45) is 4.99 Å². The smallest absolute Gasteiger partial charge is 0.252 e. The fourth-order valence-electron chi connectivity index (χ4n) is 4.30. The average Bonchev–Trinajstić information content (AvgIpc) is 3.31. The topological polar surface area (TPSA) is 80.2 Å². The van der Waals surface area contributed by atoms with Crippen LogP contribution in [0.25, 0.3) is 0 Å². The number of hydrogen-bond donors (Lipinski definition) is 2. The zero-order valence-corrected chi connectivity index (χ0v) is 24.1. The second-order valence-electron chi connectivity index (χ2n) is 8.97. The van der Waals surface area contributed by atoms with Crippen molar-refractivity contribution >= 4 is 43.7 Å². The maximum atomic E-state index is 13.8. The van der Waals surface area contributed by atoms with Crippen LogP contribution in [0.15, 0.2) is 99.4 Å². The molecule has 0 saturated carbocycles.